The van der Waals surface area contributed by atoms with Gasteiger partial charge in [0.25, 0.3) is 0 Å². The lowest BCUT2D eigenvalue weighted by molar-refractivity contribution is -0.137. The highest BCUT2D eigenvalue weighted by molar-refractivity contribution is 9.08. The van der Waals surface area contributed by atoms with E-state index >= 15 is 0 Å². The van der Waals surface area contributed by atoms with Gasteiger partial charge in [-0.15, -0.1) is 0 Å². The molecule has 0 unspecified atom stereocenters. The summed E-state index contributed by atoms with van der Waals surface area (Å²) in [6, 6.07) is 4.64. The van der Waals surface area contributed by atoms with Crippen LogP contribution in [-0.4, -0.2) is 23.6 Å². The average molecular weight is 382 g/mol. The molecular formula is C15H19BrF3NS. The molecule has 1 aromatic carbocycles. The van der Waals surface area contributed by atoms with Crippen LogP contribution in [0.25, 0.3) is 0 Å². The Morgan fingerprint density at radius 2 is 2.00 bits per heavy atom. The van der Waals surface area contributed by atoms with E-state index in [1.54, 1.807) is 12.1 Å². The third kappa shape index (κ3) is 4.31. The fraction of sp³-hybridized carbons (Fsp3) is 0.600. The van der Waals surface area contributed by atoms with Crippen molar-refractivity contribution in [2.75, 3.05) is 23.7 Å². The summed E-state index contributed by atoms with van der Waals surface area (Å²) in [6.45, 7) is 5.63. The molecule has 0 spiro atoms. The summed E-state index contributed by atoms with van der Waals surface area (Å²) in [5.41, 5.74) is 0.435. The molecule has 1 nitrogen and oxygen atoms in total. The first kappa shape index (κ1) is 17.0. The van der Waals surface area contributed by atoms with Gasteiger partial charge in [0, 0.05) is 34.6 Å². The highest BCUT2D eigenvalue weighted by Gasteiger charge is 2.36. The van der Waals surface area contributed by atoms with Crippen molar-refractivity contribution in [1.29, 1.82) is 0 Å². The van der Waals surface area contributed by atoms with Gasteiger partial charge < -0.3 is 4.90 Å². The van der Waals surface area contributed by atoms with Gasteiger partial charge in [0.05, 0.1) is 5.56 Å². The molecule has 0 aromatic heterocycles. The van der Waals surface area contributed by atoms with Crippen LogP contribution in [0.1, 0.15) is 31.4 Å². The minimum Gasteiger partial charge on any atom is -0.370 e. The van der Waals surface area contributed by atoms with Crippen LogP contribution in [0.5, 0.6) is 0 Å². The lowest BCUT2D eigenvalue weighted by atomic mass is 10.1. The zero-order chi connectivity index (χ0) is 15.7. The number of halogens is 4. The van der Waals surface area contributed by atoms with E-state index in [4.69, 9.17) is 0 Å². The zero-order valence-electron chi connectivity index (χ0n) is 12.1. The highest BCUT2D eigenvalue weighted by atomic mass is 79.9. The minimum absolute atomic E-state index is 0.128. The topological polar surface area (TPSA) is 3.24 Å². The van der Waals surface area contributed by atoms with Gasteiger partial charge in [-0.3, -0.25) is 0 Å². The molecule has 1 aromatic rings. The van der Waals surface area contributed by atoms with Crippen molar-refractivity contribution >= 4 is 33.4 Å². The van der Waals surface area contributed by atoms with Gasteiger partial charge in [0.15, 0.2) is 0 Å². The van der Waals surface area contributed by atoms with Crippen LogP contribution in [0.2, 0.25) is 0 Å². The first-order valence-electron chi connectivity index (χ1n) is 6.88. The smallest absolute Gasteiger partial charge is 0.370 e. The highest BCUT2D eigenvalue weighted by Crippen LogP contribution is 2.39. The van der Waals surface area contributed by atoms with Crippen molar-refractivity contribution < 1.29 is 13.2 Å². The Hall–Kier alpha value is -0.360. The molecule has 1 saturated heterocycles. The third-order valence-corrected chi connectivity index (χ3v) is 5.72. The SMILES string of the molecule is CC1(C)CCN(c2ccc(CBr)cc2C(F)(F)F)CCS1. The molecule has 0 amide bonds. The van der Waals surface area contributed by atoms with Crippen molar-refractivity contribution in [3.63, 3.8) is 0 Å². The molecule has 118 valence electrons. The summed E-state index contributed by atoms with van der Waals surface area (Å²) < 4.78 is 40.1. The molecular weight excluding hydrogens is 363 g/mol. The predicted molar refractivity (Wildman–Crippen MR) is 87.4 cm³/mol. The van der Waals surface area contributed by atoms with Crippen molar-refractivity contribution in [3.05, 3.63) is 29.3 Å². The van der Waals surface area contributed by atoms with Crippen LogP contribution in [0.15, 0.2) is 18.2 Å². The standard InChI is InChI=1S/C15H19BrF3NS/c1-14(2)5-6-20(7-8-21-14)13-4-3-11(10-16)9-12(13)15(17,18)19/h3-4,9H,5-8,10H2,1-2H3. The number of hydrogen-bond donors (Lipinski definition) is 0. The molecule has 0 aliphatic carbocycles. The number of thioether (sulfide) groups is 1. The number of anilines is 1. The van der Waals surface area contributed by atoms with Crippen LogP contribution in [0, 0.1) is 0 Å². The van der Waals surface area contributed by atoms with E-state index < -0.39 is 11.7 Å². The summed E-state index contributed by atoms with van der Waals surface area (Å²) >= 11 is 5.05. The summed E-state index contributed by atoms with van der Waals surface area (Å²) in [5, 5.41) is 0.430. The number of rotatable bonds is 2. The summed E-state index contributed by atoms with van der Waals surface area (Å²) in [4.78, 5) is 1.88. The maximum Gasteiger partial charge on any atom is 0.418 e. The maximum atomic E-state index is 13.3. The average Bonchev–Trinajstić information content (AvgIpc) is 2.58. The molecule has 0 atom stereocenters. The molecule has 0 radical (unpaired) electrons. The van der Waals surface area contributed by atoms with Gasteiger partial charge in [0.2, 0.25) is 0 Å². The van der Waals surface area contributed by atoms with Crippen LogP contribution < -0.4 is 4.90 Å². The second kappa shape index (κ2) is 6.41. The summed E-state index contributed by atoms with van der Waals surface area (Å²) in [7, 11) is 0. The van der Waals surface area contributed by atoms with Gasteiger partial charge in [0.1, 0.15) is 0 Å². The lowest BCUT2D eigenvalue weighted by Gasteiger charge is -2.27. The Labute approximate surface area is 136 Å². The molecule has 0 bridgehead atoms. The van der Waals surface area contributed by atoms with Gasteiger partial charge >= 0.3 is 6.18 Å². The number of benzene rings is 1. The van der Waals surface area contributed by atoms with Gasteiger partial charge in [-0.2, -0.15) is 24.9 Å². The Kier molecular flexibility index (Phi) is 5.19. The van der Waals surface area contributed by atoms with E-state index in [1.807, 2.05) is 16.7 Å². The van der Waals surface area contributed by atoms with E-state index in [9.17, 15) is 13.2 Å². The van der Waals surface area contributed by atoms with Crippen LogP contribution in [0.4, 0.5) is 18.9 Å². The summed E-state index contributed by atoms with van der Waals surface area (Å²) in [5.74, 6) is 0.852. The number of hydrogen-bond acceptors (Lipinski definition) is 2. The molecule has 1 heterocycles. The van der Waals surface area contributed by atoms with Crippen molar-refractivity contribution in [1.82, 2.24) is 0 Å². The molecule has 2 rings (SSSR count). The normalized spacial score (nSPS) is 19.4. The van der Waals surface area contributed by atoms with Crippen molar-refractivity contribution in [3.8, 4) is 0 Å². The fourth-order valence-electron chi connectivity index (χ4n) is 2.43. The van der Waals surface area contributed by atoms with Gasteiger partial charge in [-0.05, 0) is 24.1 Å². The minimum atomic E-state index is -4.32. The maximum absolute atomic E-state index is 13.3. The second-order valence-corrected chi connectivity index (χ2v) is 8.19. The molecule has 1 fully saturated rings. The van der Waals surface area contributed by atoms with Gasteiger partial charge in [-0.1, -0.05) is 35.8 Å². The van der Waals surface area contributed by atoms with Gasteiger partial charge in [-0.25, -0.2) is 0 Å². The number of nitrogens with zero attached hydrogens (tertiary/aromatic N) is 1. The van der Waals surface area contributed by atoms with Crippen LogP contribution in [-0.2, 0) is 11.5 Å². The van der Waals surface area contributed by atoms with Crippen LogP contribution >= 0.6 is 27.7 Å². The summed E-state index contributed by atoms with van der Waals surface area (Å²) in [6.07, 6.45) is -3.43. The van der Waals surface area contributed by atoms with E-state index in [2.05, 4.69) is 29.8 Å². The van der Waals surface area contributed by atoms with Crippen molar-refractivity contribution in [2.45, 2.75) is 36.5 Å². The monoisotopic (exact) mass is 381 g/mol. The van der Waals surface area contributed by atoms with Crippen LogP contribution in [0.3, 0.4) is 0 Å². The first-order chi connectivity index (χ1) is 9.73. The Morgan fingerprint density at radius 1 is 1.29 bits per heavy atom. The largest absolute Gasteiger partial charge is 0.418 e. The molecule has 6 heteroatoms. The quantitative estimate of drug-likeness (QED) is 0.637. The van der Waals surface area contributed by atoms with Crippen molar-refractivity contribution in [2.24, 2.45) is 0 Å². The van der Waals surface area contributed by atoms with E-state index in [0.29, 0.717) is 29.7 Å². The van der Waals surface area contributed by atoms with E-state index in [1.165, 1.54) is 6.07 Å². The molecule has 0 N–H and O–H groups in total. The lowest BCUT2D eigenvalue weighted by Crippen LogP contribution is -2.29. The third-order valence-electron chi connectivity index (χ3n) is 3.70. The Morgan fingerprint density at radius 3 is 2.62 bits per heavy atom. The molecule has 0 saturated carbocycles. The number of alkyl halides is 4. The Bertz CT molecular complexity index is 502. The zero-order valence-corrected chi connectivity index (χ0v) is 14.5. The molecule has 21 heavy (non-hydrogen) atoms. The van der Waals surface area contributed by atoms with E-state index in [0.717, 1.165) is 12.2 Å². The molecule has 1 aliphatic heterocycles. The molecule has 1 aliphatic rings. The Balaban J connectivity index is 2.34. The predicted octanol–water partition coefficient (Wildman–Crippen LogP) is 5.32. The van der Waals surface area contributed by atoms with E-state index in [-0.39, 0.29) is 4.75 Å². The second-order valence-electron chi connectivity index (χ2n) is 5.83. The fourth-order valence-corrected chi connectivity index (χ4v) is 3.88. The first-order valence-corrected chi connectivity index (χ1v) is 8.99.